The number of rotatable bonds is 6. The first-order chi connectivity index (χ1) is 10.7. The van der Waals surface area contributed by atoms with Crippen LogP contribution in [0.4, 0.5) is 0 Å². The van der Waals surface area contributed by atoms with Crippen molar-refractivity contribution in [3.63, 3.8) is 0 Å². The van der Waals surface area contributed by atoms with E-state index in [9.17, 15) is 16.8 Å². The zero-order chi connectivity index (χ0) is 17.1. The molecule has 0 heterocycles. The quantitative estimate of drug-likeness (QED) is 0.863. The second-order valence-electron chi connectivity index (χ2n) is 5.24. The van der Waals surface area contributed by atoms with Gasteiger partial charge in [0.25, 0.3) is 0 Å². The highest BCUT2D eigenvalue weighted by molar-refractivity contribution is 7.90. The molecule has 0 aliphatic rings. The van der Waals surface area contributed by atoms with E-state index in [2.05, 4.69) is 4.72 Å². The standard InChI is InChI=1S/C16H19NO4S2/c1-3-13-4-10-16(11-5-13)23(20,21)17-12-14-6-8-15(9-7-14)22(2,18)19/h4-11,17H,3,12H2,1-2H3. The van der Waals surface area contributed by atoms with Crippen molar-refractivity contribution in [1.29, 1.82) is 0 Å². The van der Waals surface area contributed by atoms with Crippen LogP contribution in [0.1, 0.15) is 18.1 Å². The molecule has 0 aliphatic heterocycles. The van der Waals surface area contributed by atoms with Crippen molar-refractivity contribution in [2.24, 2.45) is 0 Å². The van der Waals surface area contributed by atoms with E-state index in [-0.39, 0.29) is 16.3 Å². The monoisotopic (exact) mass is 353 g/mol. The molecule has 5 nitrogen and oxygen atoms in total. The van der Waals surface area contributed by atoms with Crippen LogP contribution < -0.4 is 4.72 Å². The van der Waals surface area contributed by atoms with E-state index in [1.165, 1.54) is 12.1 Å². The number of benzene rings is 2. The molecule has 2 rings (SSSR count). The molecule has 0 atom stereocenters. The van der Waals surface area contributed by atoms with Crippen LogP contribution in [0.3, 0.4) is 0 Å². The summed E-state index contributed by atoms with van der Waals surface area (Å²) in [7, 11) is -6.84. The van der Waals surface area contributed by atoms with Gasteiger partial charge in [-0.1, -0.05) is 31.2 Å². The van der Waals surface area contributed by atoms with Gasteiger partial charge in [0.1, 0.15) is 0 Å². The van der Waals surface area contributed by atoms with Crippen LogP contribution >= 0.6 is 0 Å². The molecule has 0 fully saturated rings. The molecule has 0 aliphatic carbocycles. The van der Waals surface area contributed by atoms with Gasteiger partial charge in [-0.25, -0.2) is 21.6 Å². The van der Waals surface area contributed by atoms with Gasteiger partial charge >= 0.3 is 0 Å². The normalized spacial score (nSPS) is 12.3. The molecule has 0 saturated carbocycles. The van der Waals surface area contributed by atoms with Crippen LogP contribution in [0, 0.1) is 0 Å². The Morgan fingerprint density at radius 1 is 0.783 bits per heavy atom. The first-order valence-corrected chi connectivity index (χ1v) is 10.5. The van der Waals surface area contributed by atoms with Gasteiger partial charge < -0.3 is 0 Å². The lowest BCUT2D eigenvalue weighted by Gasteiger charge is -2.08. The molecule has 0 spiro atoms. The Bertz CT molecular complexity index is 869. The summed E-state index contributed by atoms with van der Waals surface area (Å²) >= 11 is 0. The zero-order valence-electron chi connectivity index (χ0n) is 13.0. The summed E-state index contributed by atoms with van der Waals surface area (Å²) in [5.41, 5.74) is 1.76. The molecular formula is C16H19NO4S2. The van der Waals surface area contributed by atoms with E-state index in [1.807, 2.05) is 6.92 Å². The number of hydrogen-bond acceptors (Lipinski definition) is 4. The highest BCUT2D eigenvalue weighted by atomic mass is 32.2. The van der Waals surface area contributed by atoms with Crippen LogP contribution in [-0.4, -0.2) is 23.1 Å². The maximum atomic E-state index is 12.2. The summed E-state index contributed by atoms with van der Waals surface area (Å²) < 4.78 is 49.7. The summed E-state index contributed by atoms with van der Waals surface area (Å²) in [5, 5.41) is 0. The summed E-state index contributed by atoms with van der Waals surface area (Å²) in [5.74, 6) is 0. The lowest BCUT2D eigenvalue weighted by molar-refractivity contribution is 0.581. The van der Waals surface area contributed by atoms with Crippen molar-refractivity contribution in [2.45, 2.75) is 29.7 Å². The molecule has 7 heteroatoms. The summed E-state index contributed by atoms with van der Waals surface area (Å²) in [6.07, 6.45) is 1.98. The van der Waals surface area contributed by atoms with Crippen molar-refractivity contribution in [2.75, 3.05) is 6.26 Å². The van der Waals surface area contributed by atoms with Gasteiger partial charge in [0, 0.05) is 12.8 Å². The van der Waals surface area contributed by atoms with Crippen molar-refractivity contribution in [3.05, 3.63) is 59.7 Å². The number of sulfone groups is 1. The van der Waals surface area contributed by atoms with Crippen molar-refractivity contribution >= 4 is 19.9 Å². The Balaban J connectivity index is 2.09. The maximum Gasteiger partial charge on any atom is 0.240 e. The van der Waals surface area contributed by atoms with Gasteiger partial charge in [-0.3, -0.25) is 0 Å². The minimum Gasteiger partial charge on any atom is -0.224 e. The Hall–Kier alpha value is -1.70. The fourth-order valence-electron chi connectivity index (χ4n) is 2.02. The van der Waals surface area contributed by atoms with Crippen molar-refractivity contribution in [1.82, 2.24) is 4.72 Å². The fourth-order valence-corrected chi connectivity index (χ4v) is 3.67. The molecule has 0 bridgehead atoms. The van der Waals surface area contributed by atoms with Crippen LogP contribution in [0.15, 0.2) is 58.3 Å². The zero-order valence-corrected chi connectivity index (χ0v) is 14.6. The van der Waals surface area contributed by atoms with E-state index >= 15 is 0 Å². The first-order valence-electron chi connectivity index (χ1n) is 7.10. The van der Waals surface area contributed by atoms with Gasteiger partial charge in [0.2, 0.25) is 10.0 Å². The van der Waals surface area contributed by atoms with Crippen LogP contribution in [0.25, 0.3) is 0 Å². The van der Waals surface area contributed by atoms with E-state index in [1.54, 1.807) is 36.4 Å². The second-order valence-corrected chi connectivity index (χ2v) is 9.02. The van der Waals surface area contributed by atoms with E-state index in [0.29, 0.717) is 5.56 Å². The number of aryl methyl sites for hydroxylation is 1. The summed E-state index contributed by atoms with van der Waals surface area (Å²) in [6, 6.07) is 12.9. The molecule has 0 saturated heterocycles. The minimum atomic E-state index is -3.59. The Kier molecular flexibility index (Phi) is 5.23. The smallest absolute Gasteiger partial charge is 0.224 e. The summed E-state index contributed by atoms with van der Waals surface area (Å²) in [6.45, 7) is 2.10. The minimum absolute atomic E-state index is 0.0991. The van der Waals surface area contributed by atoms with Crippen molar-refractivity contribution < 1.29 is 16.8 Å². The lowest BCUT2D eigenvalue weighted by atomic mass is 10.2. The van der Waals surface area contributed by atoms with E-state index < -0.39 is 19.9 Å². The maximum absolute atomic E-state index is 12.2. The average Bonchev–Trinajstić information content (AvgIpc) is 2.53. The highest BCUT2D eigenvalue weighted by Crippen LogP contribution is 2.13. The molecule has 2 aromatic rings. The average molecular weight is 353 g/mol. The summed E-state index contributed by atoms with van der Waals surface area (Å²) in [4.78, 5) is 0.418. The third kappa shape index (κ3) is 4.63. The number of nitrogens with one attached hydrogen (secondary N) is 1. The molecule has 2 aromatic carbocycles. The third-order valence-electron chi connectivity index (χ3n) is 3.46. The van der Waals surface area contributed by atoms with Crippen LogP contribution in [-0.2, 0) is 32.8 Å². The van der Waals surface area contributed by atoms with E-state index in [0.717, 1.165) is 18.2 Å². The second kappa shape index (κ2) is 6.82. The molecule has 0 aromatic heterocycles. The van der Waals surface area contributed by atoms with Crippen LogP contribution in [0.5, 0.6) is 0 Å². The fraction of sp³-hybridized carbons (Fsp3) is 0.250. The largest absolute Gasteiger partial charge is 0.240 e. The van der Waals surface area contributed by atoms with Gasteiger partial charge in [0.15, 0.2) is 9.84 Å². The topological polar surface area (TPSA) is 80.3 Å². The Morgan fingerprint density at radius 3 is 1.74 bits per heavy atom. The Morgan fingerprint density at radius 2 is 1.26 bits per heavy atom. The predicted octanol–water partition coefficient (Wildman–Crippen LogP) is 2.13. The van der Waals surface area contributed by atoms with Crippen LogP contribution in [0.2, 0.25) is 0 Å². The first kappa shape index (κ1) is 17.7. The molecule has 0 radical (unpaired) electrons. The highest BCUT2D eigenvalue weighted by Gasteiger charge is 2.13. The predicted molar refractivity (Wildman–Crippen MR) is 89.4 cm³/mol. The Labute approximate surface area is 137 Å². The molecule has 0 unspecified atom stereocenters. The van der Waals surface area contributed by atoms with E-state index in [4.69, 9.17) is 0 Å². The SMILES string of the molecule is CCc1ccc(S(=O)(=O)NCc2ccc(S(C)(=O)=O)cc2)cc1. The number of sulfonamides is 1. The lowest BCUT2D eigenvalue weighted by Crippen LogP contribution is -2.23. The third-order valence-corrected chi connectivity index (χ3v) is 6.01. The number of hydrogen-bond donors (Lipinski definition) is 1. The van der Waals surface area contributed by atoms with Gasteiger partial charge in [0.05, 0.1) is 9.79 Å². The molecule has 23 heavy (non-hydrogen) atoms. The molecule has 124 valence electrons. The van der Waals surface area contributed by atoms with Gasteiger partial charge in [-0.2, -0.15) is 0 Å². The van der Waals surface area contributed by atoms with Gasteiger partial charge in [-0.05, 0) is 41.8 Å². The van der Waals surface area contributed by atoms with Crippen molar-refractivity contribution in [3.8, 4) is 0 Å². The molecular weight excluding hydrogens is 334 g/mol. The molecule has 1 N–H and O–H groups in total. The van der Waals surface area contributed by atoms with Gasteiger partial charge in [-0.15, -0.1) is 0 Å². The molecule has 0 amide bonds.